The fourth-order valence-electron chi connectivity index (χ4n) is 2.09. The van der Waals surface area contributed by atoms with Crippen molar-refractivity contribution in [2.75, 3.05) is 31.3 Å². The van der Waals surface area contributed by atoms with Gasteiger partial charge < -0.3 is 15.4 Å². The molecule has 2 aromatic rings. The van der Waals surface area contributed by atoms with E-state index < -0.39 is 17.5 Å². The van der Waals surface area contributed by atoms with Gasteiger partial charge >= 0.3 is 0 Å². The zero-order chi connectivity index (χ0) is 18.9. The van der Waals surface area contributed by atoms with E-state index in [1.807, 2.05) is 0 Å². The van der Waals surface area contributed by atoms with Crippen LogP contribution in [0.2, 0.25) is 0 Å². The highest BCUT2D eigenvalue weighted by Gasteiger charge is 2.14. The smallest absolute Gasteiger partial charge is 0.256 e. The predicted molar refractivity (Wildman–Crippen MR) is 96.4 cm³/mol. The minimum absolute atomic E-state index is 0.0182. The highest BCUT2D eigenvalue weighted by Crippen LogP contribution is 2.24. The van der Waals surface area contributed by atoms with E-state index in [0.29, 0.717) is 23.6 Å². The van der Waals surface area contributed by atoms with Crippen LogP contribution in [-0.4, -0.2) is 37.8 Å². The molecule has 138 valence electrons. The van der Waals surface area contributed by atoms with Gasteiger partial charge in [-0.1, -0.05) is 12.1 Å². The Hall–Kier alpha value is -2.45. The van der Waals surface area contributed by atoms with Crippen molar-refractivity contribution >= 4 is 29.3 Å². The zero-order valence-corrected chi connectivity index (χ0v) is 14.9. The Morgan fingerprint density at radius 2 is 1.81 bits per heavy atom. The Balaban J connectivity index is 2.03. The van der Waals surface area contributed by atoms with Gasteiger partial charge in [-0.25, -0.2) is 8.78 Å². The van der Waals surface area contributed by atoms with Crippen LogP contribution < -0.4 is 10.6 Å². The standard InChI is InChI=1S/C18H18F2N2O3S/c1-25-7-6-21-17(23)11-26-16-5-3-2-4-15(16)18(24)22-14-9-12(19)8-13(20)10-14/h2-5,8-10H,6-7,11H2,1H3,(H,21,23)(H,22,24). The third-order valence-electron chi connectivity index (χ3n) is 3.24. The van der Waals surface area contributed by atoms with E-state index in [1.54, 1.807) is 31.4 Å². The van der Waals surface area contributed by atoms with Crippen molar-refractivity contribution in [1.82, 2.24) is 5.32 Å². The number of benzene rings is 2. The number of ether oxygens (including phenoxy) is 1. The second kappa shape index (κ2) is 9.88. The number of carbonyl (C=O) groups excluding carboxylic acids is 2. The summed E-state index contributed by atoms with van der Waals surface area (Å²) in [7, 11) is 1.54. The molecule has 2 amide bonds. The molecule has 0 aliphatic carbocycles. The normalized spacial score (nSPS) is 10.4. The maximum Gasteiger partial charge on any atom is 0.256 e. The Bertz CT molecular complexity index is 767. The first-order valence-electron chi connectivity index (χ1n) is 7.74. The average molecular weight is 380 g/mol. The van der Waals surface area contributed by atoms with Crippen molar-refractivity contribution in [3.8, 4) is 0 Å². The first-order chi connectivity index (χ1) is 12.5. The van der Waals surface area contributed by atoms with E-state index in [0.717, 1.165) is 18.2 Å². The summed E-state index contributed by atoms with van der Waals surface area (Å²) < 4.78 is 31.3. The van der Waals surface area contributed by atoms with Crippen LogP contribution in [0.5, 0.6) is 0 Å². The number of rotatable bonds is 8. The molecule has 2 rings (SSSR count). The molecule has 0 radical (unpaired) electrons. The molecule has 0 aliphatic heterocycles. The predicted octanol–water partition coefficient (Wildman–Crippen LogP) is 3.07. The van der Waals surface area contributed by atoms with Gasteiger partial charge in [0, 0.05) is 30.3 Å². The minimum Gasteiger partial charge on any atom is -0.383 e. The number of hydrogen-bond acceptors (Lipinski definition) is 4. The van der Waals surface area contributed by atoms with Crippen LogP contribution in [0.3, 0.4) is 0 Å². The quantitative estimate of drug-likeness (QED) is 0.546. The topological polar surface area (TPSA) is 67.4 Å². The third kappa shape index (κ3) is 6.12. The summed E-state index contributed by atoms with van der Waals surface area (Å²) in [5.41, 5.74) is 0.330. The fourth-order valence-corrected chi connectivity index (χ4v) is 2.97. The molecule has 0 saturated carbocycles. The molecule has 0 fully saturated rings. The molecular formula is C18H18F2N2O3S. The van der Waals surface area contributed by atoms with Gasteiger partial charge in [-0.3, -0.25) is 9.59 Å². The van der Waals surface area contributed by atoms with E-state index in [2.05, 4.69) is 10.6 Å². The molecule has 0 aliphatic rings. The molecule has 0 atom stereocenters. The van der Waals surface area contributed by atoms with Gasteiger partial charge in [0.15, 0.2) is 0 Å². The maximum atomic E-state index is 13.2. The third-order valence-corrected chi connectivity index (χ3v) is 4.31. The SMILES string of the molecule is COCCNC(=O)CSc1ccccc1C(=O)Nc1cc(F)cc(F)c1. The van der Waals surface area contributed by atoms with E-state index in [1.165, 1.54) is 11.8 Å². The summed E-state index contributed by atoms with van der Waals surface area (Å²) in [4.78, 5) is 24.8. The number of anilines is 1. The number of nitrogens with one attached hydrogen (secondary N) is 2. The second-order valence-corrected chi connectivity index (χ2v) is 6.26. The molecule has 2 aromatic carbocycles. The Morgan fingerprint density at radius 1 is 1.12 bits per heavy atom. The Morgan fingerprint density at radius 3 is 2.50 bits per heavy atom. The summed E-state index contributed by atoms with van der Waals surface area (Å²) in [5.74, 6) is -2.14. The fraction of sp³-hybridized carbons (Fsp3) is 0.222. The molecular weight excluding hydrogens is 362 g/mol. The van der Waals surface area contributed by atoms with Gasteiger partial charge in [0.05, 0.1) is 17.9 Å². The molecule has 5 nitrogen and oxygen atoms in total. The summed E-state index contributed by atoms with van der Waals surface area (Å²) in [5, 5.41) is 5.15. The first-order valence-corrected chi connectivity index (χ1v) is 8.73. The highest BCUT2D eigenvalue weighted by molar-refractivity contribution is 8.00. The van der Waals surface area contributed by atoms with E-state index in [9.17, 15) is 18.4 Å². The van der Waals surface area contributed by atoms with Crippen molar-refractivity contribution in [2.45, 2.75) is 4.90 Å². The van der Waals surface area contributed by atoms with Crippen LogP contribution in [0.25, 0.3) is 0 Å². The van der Waals surface area contributed by atoms with Crippen LogP contribution >= 0.6 is 11.8 Å². The van der Waals surface area contributed by atoms with Crippen LogP contribution in [0.4, 0.5) is 14.5 Å². The molecule has 8 heteroatoms. The lowest BCUT2D eigenvalue weighted by Crippen LogP contribution is -2.28. The van der Waals surface area contributed by atoms with Crippen molar-refractivity contribution in [3.05, 3.63) is 59.7 Å². The lowest BCUT2D eigenvalue weighted by atomic mass is 10.2. The molecule has 0 aromatic heterocycles. The highest BCUT2D eigenvalue weighted by atomic mass is 32.2. The van der Waals surface area contributed by atoms with Crippen molar-refractivity contribution in [1.29, 1.82) is 0 Å². The number of hydrogen-bond donors (Lipinski definition) is 2. The van der Waals surface area contributed by atoms with E-state index in [4.69, 9.17) is 4.74 Å². The van der Waals surface area contributed by atoms with Crippen LogP contribution in [0.15, 0.2) is 47.4 Å². The number of halogens is 2. The van der Waals surface area contributed by atoms with E-state index in [-0.39, 0.29) is 17.3 Å². The summed E-state index contributed by atoms with van der Waals surface area (Å²) in [6.07, 6.45) is 0. The maximum absolute atomic E-state index is 13.2. The second-order valence-electron chi connectivity index (χ2n) is 5.24. The monoisotopic (exact) mass is 380 g/mol. The van der Waals surface area contributed by atoms with Gasteiger partial charge in [-0.15, -0.1) is 11.8 Å². The lowest BCUT2D eigenvalue weighted by Gasteiger charge is -2.10. The minimum atomic E-state index is -0.782. The van der Waals surface area contributed by atoms with Gasteiger partial charge in [-0.05, 0) is 24.3 Å². The molecule has 0 saturated heterocycles. The molecule has 0 heterocycles. The molecule has 0 unspecified atom stereocenters. The van der Waals surface area contributed by atoms with Crippen LogP contribution in [0, 0.1) is 11.6 Å². The van der Waals surface area contributed by atoms with E-state index >= 15 is 0 Å². The molecule has 0 spiro atoms. The van der Waals surface area contributed by atoms with Gasteiger partial charge in [0.25, 0.3) is 5.91 Å². The van der Waals surface area contributed by atoms with Crippen molar-refractivity contribution in [2.24, 2.45) is 0 Å². The number of thioether (sulfide) groups is 1. The van der Waals surface area contributed by atoms with Gasteiger partial charge in [0.1, 0.15) is 11.6 Å². The van der Waals surface area contributed by atoms with Crippen LogP contribution in [-0.2, 0) is 9.53 Å². The first kappa shape index (κ1) is 19.9. The van der Waals surface area contributed by atoms with Gasteiger partial charge in [0.2, 0.25) is 5.91 Å². The molecule has 0 bridgehead atoms. The summed E-state index contributed by atoms with van der Waals surface area (Å²) >= 11 is 1.20. The van der Waals surface area contributed by atoms with Gasteiger partial charge in [-0.2, -0.15) is 0 Å². The number of carbonyl (C=O) groups is 2. The zero-order valence-electron chi connectivity index (χ0n) is 14.1. The number of amides is 2. The van der Waals surface area contributed by atoms with Crippen LogP contribution in [0.1, 0.15) is 10.4 Å². The lowest BCUT2D eigenvalue weighted by molar-refractivity contribution is -0.118. The largest absolute Gasteiger partial charge is 0.383 e. The average Bonchev–Trinajstić information content (AvgIpc) is 2.59. The van der Waals surface area contributed by atoms with Crippen molar-refractivity contribution < 1.29 is 23.1 Å². The summed E-state index contributed by atoms with van der Waals surface area (Å²) in [6, 6.07) is 9.47. The Labute approximate surface area is 154 Å². The van der Waals surface area contributed by atoms with Crippen molar-refractivity contribution in [3.63, 3.8) is 0 Å². The Kier molecular flexibility index (Phi) is 7.55. The summed E-state index contributed by atoms with van der Waals surface area (Å²) in [6.45, 7) is 0.822. The molecule has 26 heavy (non-hydrogen) atoms. The molecule has 2 N–H and O–H groups in total. The number of methoxy groups -OCH3 is 1.